The Morgan fingerprint density at radius 2 is 1.83 bits per heavy atom. The number of nitriles is 1. The van der Waals surface area contributed by atoms with Gasteiger partial charge < -0.3 is 20.4 Å². The van der Waals surface area contributed by atoms with Crippen LogP contribution < -0.4 is 20.4 Å². The predicted octanol–water partition coefficient (Wildman–Crippen LogP) is 2.76. The molecule has 0 radical (unpaired) electrons. The molecule has 2 heterocycles. The Hall–Kier alpha value is -3.04. The number of nitrogens with one attached hydrogen (secondary N) is 2. The van der Waals surface area contributed by atoms with Gasteiger partial charge in [0.05, 0.1) is 6.07 Å². The van der Waals surface area contributed by atoms with Crippen molar-refractivity contribution in [3.8, 4) is 17.2 Å². The lowest BCUT2D eigenvalue weighted by Gasteiger charge is -2.36. The number of nitrogens with zero attached hydrogens (tertiary/aromatic N) is 3. The van der Waals surface area contributed by atoms with E-state index < -0.39 is 0 Å². The molecule has 0 aliphatic carbocycles. The van der Waals surface area contributed by atoms with Crippen LogP contribution in [0.15, 0.2) is 48.5 Å². The highest BCUT2D eigenvalue weighted by Gasteiger charge is 2.28. The fourth-order valence-electron chi connectivity index (χ4n) is 4.41. The number of rotatable bonds is 5. The Balaban J connectivity index is 1.53. The van der Waals surface area contributed by atoms with E-state index in [0.717, 1.165) is 63.2 Å². The normalized spacial score (nSPS) is 19.2. The van der Waals surface area contributed by atoms with Crippen LogP contribution >= 0.6 is 0 Å². The number of carbonyl (C=O) groups is 1. The lowest BCUT2D eigenvalue weighted by atomic mass is 9.98. The van der Waals surface area contributed by atoms with Crippen molar-refractivity contribution in [1.29, 1.82) is 5.26 Å². The van der Waals surface area contributed by atoms with E-state index in [0.29, 0.717) is 0 Å². The Bertz CT molecular complexity index is 899. The molecule has 0 saturated carbocycles. The van der Waals surface area contributed by atoms with Gasteiger partial charge in [0, 0.05) is 44.1 Å². The van der Waals surface area contributed by atoms with Gasteiger partial charge in [-0.05, 0) is 54.7 Å². The summed E-state index contributed by atoms with van der Waals surface area (Å²) in [6, 6.07) is 19.0. The summed E-state index contributed by atoms with van der Waals surface area (Å²) in [5.74, 6) is -0.0537. The molecule has 2 N–H and O–H groups in total. The molecule has 4 rings (SSSR count). The number of hydrogen-bond donors (Lipinski definition) is 2. The first-order valence-electron chi connectivity index (χ1n) is 10.8. The van der Waals surface area contributed by atoms with Crippen LogP contribution in [0.25, 0.3) is 11.1 Å². The first kappa shape index (κ1) is 20.2. The molecule has 30 heavy (non-hydrogen) atoms. The van der Waals surface area contributed by atoms with Crippen LogP contribution in [0.4, 0.5) is 11.4 Å². The Labute approximate surface area is 178 Å². The first-order valence-corrected chi connectivity index (χ1v) is 10.8. The molecule has 6 heteroatoms. The van der Waals surface area contributed by atoms with Crippen molar-refractivity contribution < 1.29 is 4.79 Å². The zero-order valence-electron chi connectivity index (χ0n) is 17.3. The van der Waals surface area contributed by atoms with E-state index in [1.165, 1.54) is 11.3 Å². The molecular weight excluding hydrogens is 374 g/mol. The number of piperazine rings is 1. The van der Waals surface area contributed by atoms with Crippen molar-refractivity contribution >= 4 is 17.3 Å². The second kappa shape index (κ2) is 9.64. The smallest absolute Gasteiger partial charge is 0.243 e. The van der Waals surface area contributed by atoms with Gasteiger partial charge in [0.2, 0.25) is 5.91 Å². The van der Waals surface area contributed by atoms with Gasteiger partial charge in [0.15, 0.2) is 0 Å². The monoisotopic (exact) mass is 403 g/mol. The SMILES string of the molecule is N#CCNC(=O)C1CCCCN1c1cccc(-c2ccc(N3CCNCC3)cc2)c1. The summed E-state index contributed by atoms with van der Waals surface area (Å²) in [7, 11) is 0. The van der Waals surface area contributed by atoms with E-state index in [4.69, 9.17) is 5.26 Å². The van der Waals surface area contributed by atoms with E-state index in [2.05, 4.69) is 69.0 Å². The van der Waals surface area contributed by atoms with Gasteiger partial charge in [-0.15, -0.1) is 0 Å². The average molecular weight is 404 g/mol. The molecule has 2 saturated heterocycles. The minimum absolute atomic E-state index is 0.0537. The van der Waals surface area contributed by atoms with Gasteiger partial charge in [0.25, 0.3) is 0 Å². The maximum absolute atomic E-state index is 12.6. The van der Waals surface area contributed by atoms with Crippen molar-refractivity contribution in [1.82, 2.24) is 10.6 Å². The second-order valence-corrected chi connectivity index (χ2v) is 7.92. The highest BCUT2D eigenvalue weighted by Crippen LogP contribution is 2.30. The first-order chi connectivity index (χ1) is 14.8. The summed E-state index contributed by atoms with van der Waals surface area (Å²) in [6.07, 6.45) is 2.93. The van der Waals surface area contributed by atoms with Crippen molar-refractivity contribution in [2.75, 3.05) is 49.1 Å². The molecule has 1 amide bonds. The standard InChI is InChI=1S/C24H29N5O/c25-11-12-27-24(30)23-6-1-2-15-29(23)22-5-3-4-20(18-22)19-7-9-21(10-8-19)28-16-13-26-14-17-28/h3-5,7-10,18,23,26H,1-2,6,12-17H2,(H,27,30). The molecule has 2 fully saturated rings. The van der Waals surface area contributed by atoms with Crippen LogP contribution in [-0.4, -0.2) is 51.2 Å². The summed E-state index contributed by atoms with van der Waals surface area (Å²) in [5.41, 5.74) is 4.66. The molecule has 156 valence electrons. The number of piperidine rings is 1. The zero-order valence-corrected chi connectivity index (χ0v) is 17.3. The third kappa shape index (κ3) is 4.58. The van der Waals surface area contributed by atoms with Crippen LogP contribution in [0.2, 0.25) is 0 Å². The number of anilines is 2. The molecule has 2 aromatic rings. The van der Waals surface area contributed by atoms with Crippen molar-refractivity contribution in [3.05, 3.63) is 48.5 Å². The fourth-order valence-corrected chi connectivity index (χ4v) is 4.41. The highest BCUT2D eigenvalue weighted by atomic mass is 16.2. The Kier molecular flexibility index (Phi) is 6.50. The van der Waals surface area contributed by atoms with Crippen LogP contribution in [0.3, 0.4) is 0 Å². The predicted molar refractivity (Wildman–Crippen MR) is 121 cm³/mol. The lowest BCUT2D eigenvalue weighted by molar-refractivity contribution is -0.122. The second-order valence-electron chi connectivity index (χ2n) is 7.92. The molecule has 0 aromatic heterocycles. The number of hydrogen-bond acceptors (Lipinski definition) is 5. The third-order valence-corrected chi connectivity index (χ3v) is 6.01. The van der Waals surface area contributed by atoms with Crippen LogP contribution in [-0.2, 0) is 4.79 Å². The zero-order chi connectivity index (χ0) is 20.8. The topological polar surface area (TPSA) is 71.4 Å². The molecule has 0 spiro atoms. The third-order valence-electron chi connectivity index (χ3n) is 6.01. The molecule has 1 atom stereocenters. The van der Waals surface area contributed by atoms with Crippen molar-refractivity contribution in [2.45, 2.75) is 25.3 Å². The Morgan fingerprint density at radius 3 is 2.60 bits per heavy atom. The van der Waals surface area contributed by atoms with Crippen LogP contribution in [0.1, 0.15) is 19.3 Å². The van der Waals surface area contributed by atoms with E-state index in [1.807, 2.05) is 6.07 Å². The van der Waals surface area contributed by atoms with E-state index in [1.54, 1.807) is 0 Å². The van der Waals surface area contributed by atoms with Gasteiger partial charge in [-0.1, -0.05) is 24.3 Å². The minimum atomic E-state index is -0.211. The molecule has 2 aromatic carbocycles. The number of carbonyl (C=O) groups excluding carboxylic acids is 1. The van der Waals surface area contributed by atoms with Crippen molar-refractivity contribution in [2.24, 2.45) is 0 Å². The van der Waals surface area contributed by atoms with Crippen LogP contribution in [0.5, 0.6) is 0 Å². The van der Waals surface area contributed by atoms with Gasteiger partial charge >= 0.3 is 0 Å². The summed E-state index contributed by atoms with van der Waals surface area (Å²) in [4.78, 5) is 17.2. The summed E-state index contributed by atoms with van der Waals surface area (Å²) < 4.78 is 0. The average Bonchev–Trinajstić information content (AvgIpc) is 2.83. The molecule has 6 nitrogen and oxygen atoms in total. The van der Waals surface area contributed by atoms with Gasteiger partial charge in [-0.2, -0.15) is 5.26 Å². The molecular formula is C24H29N5O. The van der Waals surface area contributed by atoms with E-state index in [-0.39, 0.29) is 18.5 Å². The number of amides is 1. The molecule has 1 unspecified atom stereocenters. The minimum Gasteiger partial charge on any atom is -0.369 e. The van der Waals surface area contributed by atoms with Gasteiger partial charge in [0.1, 0.15) is 12.6 Å². The largest absolute Gasteiger partial charge is 0.369 e. The Morgan fingerprint density at radius 1 is 1.03 bits per heavy atom. The van der Waals surface area contributed by atoms with Crippen molar-refractivity contribution in [3.63, 3.8) is 0 Å². The van der Waals surface area contributed by atoms with Crippen LogP contribution in [0, 0.1) is 11.3 Å². The number of benzene rings is 2. The maximum atomic E-state index is 12.6. The van der Waals surface area contributed by atoms with E-state index >= 15 is 0 Å². The quantitative estimate of drug-likeness (QED) is 0.751. The van der Waals surface area contributed by atoms with Gasteiger partial charge in [-0.25, -0.2) is 0 Å². The lowest BCUT2D eigenvalue weighted by Crippen LogP contribution is -2.49. The fraction of sp³-hybridized carbons (Fsp3) is 0.417. The molecule has 2 aliphatic rings. The summed E-state index contributed by atoms with van der Waals surface area (Å²) >= 11 is 0. The highest BCUT2D eigenvalue weighted by molar-refractivity contribution is 5.86. The summed E-state index contributed by atoms with van der Waals surface area (Å²) in [6.45, 7) is 5.06. The maximum Gasteiger partial charge on any atom is 0.243 e. The van der Waals surface area contributed by atoms with Gasteiger partial charge in [-0.3, -0.25) is 4.79 Å². The summed E-state index contributed by atoms with van der Waals surface area (Å²) in [5, 5.41) is 14.9. The molecule has 0 bridgehead atoms. The molecule has 2 aliphatic heterocycles. The van der Waals surface area contributed by atoms with E-state index in [9.17, 15) is 4.79 Å².